The van der Waals surface area contributed by atoms with Crippen molar-refractivity contribution in [3.8, 4) is 17.4 Å². The van der Waals surface area contributed by atoms with Crippen LogP contribution in [0.3, 0.4) is 0 Å². The van der Waals surface area contributed by atoms with Gasteiger partial charge in [0.25, 0.3) is 0 Å². The lowest BCUT2D eigenvalue weighted by Gasteiger charge is -2.31. The summed E-state index contributed by atoms with van der Waals surface area (Å²) in [5.74, 6) is 0. The largest absolute Gasteiger partial charge is 0.418 e. The number of ether oxygens (including phenoxy) is 1. The summed E-state index contributed by atoms with van der Waals surface area (Å²) in [5.41, 5.74) is 8.15. The highest BCUT2D eigenvalue weighted by atomic mass is 16.6. The van der Waals surface area contributed by atoms with Crippen LogP contribution in [0.2, 0.25) is 0 Å². The minimum atomic E-state index is -0.507. The van der Waals surface area contributed by atoms with Gasteiger partial charge in [-0.05, 0) is 36.8 Å². The van der Waals surface area contributed by atoms with Crippen LogP contribution in [0.1, 0.15) is 45.6 Å². The number of pyridine rings is 1. The number of carbonyl (C=O) groups is 1. The fourth-order valence-corrected chi connectivity index (χ4v) is 2.98. The van der Waals surface area contributed by atoms with Crippen molar-refractivity contribution in [1.82, 2.24) is 19.9 Å². The maximum Gasteiger partial charge on any atom is 0.418 e. The highest BCUT2D eigenvalue weighted by molar-refractivity contribution is 5.70. The van der Waals surface area contributed by atoms with Gasteiger partial charge < -0.3 is 10.5 Å². The number of carbonyl (C=O) groups excluding carboxylic acids is 1. The SMILES string of the molecule is CC(C)(C)c1cnc(OC(=O)N2CCCCC2N)nc1-c1ccccn1. The van der Waals surface area contributed by atoms with Crippen molar-refractivity contribution in [3.63, 3.8) is 0 Å². The molecule has 7 nitrogen and oxygen atoms in total. The Morgan fingerprint density at radius 2 is 2.08 bits per heavy atom. The van der Waals surface area contributed by atoms with Gasteiger partial charge in [0, 0.05) is 24.5 Å². The van der Waals surface area contributed by atoms with Gasteiger partial charge in [-0.3, -0.25) is 9.88 Å². The Morgan fingerprint density at radius 3 is 2.73 bits per heavy atom. The summed E-state index contributed by atoms with van der Waals surface area (Å²) in [4.78, 5) is 27.1. The van der Waals surface area contributed by atoms with Crippen molar-refractivity contribution in [2.75, 3.05) is 6.54 Å². The van der Waals surface area contributed by atoms with Crippen molar-refractivity contribution >= 4 is 6.09 Å². The predicted molar refractivity (Wildman–Crippen MR) is 98.5 cm³/mol. The topological polar surface area (TPSA) is 94.2 Å². The van der Waals surface area contributed by atoms with Crippen molar-refractivity contribution in [2.45, 2.75) is 51.6 Å². The zero-order valence-corrected chi connectivity index (χ0v) is 15.5. The monoisotopic (exact) mass is 355 g/mol. The number of nitrogens with zero attached hydrogens (tertiary/aromatic N) is 4. The first kappa shape index (κ1) is 18.3. The maximum atomic E-state index is 12.4. The lowest BCUT2D eigenvalue weighted by Crippen LogP contribution is -2.49. The summed E-state index contributed by atoms with van der Waals surface area (Å²) >= 11 is 0. The molecular weight excluding hydrogens is 330 g/mol. The highest BCUT2D eigenvalue weighted by Crippen LogP contribution is 2.31. The fraction of sp³-hybridized carbons (Fsp3) is 0.474. The van der Waals surface area contributed by atoms with Crippen LogP contribution in [0.5, 0.6) is 6.01 Å². The molecule has 2 N–H and O–H groups in total. The number of likely N-dealkylation sites (tertiary alicyclic amines) is 1. The van der Waals surface area contributed by atoms with E-state index >= 15 is 0 Å². The van der Waals surface area contributed by atoms with Gasteiger partial charge in [-0.15, -0.1) is 0 Å². The molecule has 1 fully saturated rings. The van der Waals surface area contributed by atoms with E-state index in [-0.39, 0.29) is 17.6 Å². The summed E-state index contributed by atoms with van der Waals surface area (Å²) < 4.78 is 5.41. The van der Waals surface area contributed by atoms with Crippen LogP contribution >= 0.6 is 0 Å². The number of hydrogen-bond donors (Lipinski definition) is 1. The lowest BCUT2D eigenvalue weighted by molar-refractivity contribution is 0.112. The molecule has 1 aliphatic rings. The van der Waals surface area contributed by atoms with Gasteiger partial charge in [0.2, 0.25) is 0 Å². The Bertz CT molecular complexity index is 773. The maximum absolute atomic E-state index is 12.4. The number of amides is 1. The summed E-state index contributed by atoms with van der Waals surface area (Å²) in [6.07, 6.45) is 5.31. The summed E-state index contributed by atoms with van der Waals surface area (Å²) in [6.45, 7) is 6.83. The van der Waals surface area contributed by atoms with E-state index in [1.54, 1.807) is 12.4 Å². The molecule has 0 saturated carbocycles. The second-order valence-corrected chi connectivity index (χ2v) is 7.50. The average molecular weight is 355 g/mol. The zero-order chi connectivity index (χ0) is 18.7. The molecule has 26 heavy (non-hydrogen) atoms. The summed E-state index contributed by atoms with van der Waals surface area (Å²) in [6, 6.07) is 5.64. The van der Waals surface area contributed by atoms with Crippen LogP contribution < -0.4 is 10.5 Å². The van der Waals surface area contributed by atoms with Gasteiger partial charge in [0.15, 0.2) is 0 Å². The van der Waals surface area contributed by atoms with E-state index in [1.807, 2.05) is 18.2 Å². The lowest BCUT2D eigenvalue weighted by atomic mass is 9.86. The van der Waals surface area contributed by atoms with E-state index in [2.05, 4.69) is 35.7 Å². The second-order valence-electron chi connectivity index (χ2n) is 7.50. The molecule has 3 rings (SSSR count). The molecule has 1 atom stereocenters. The first-order valence-electron chi connectivity index (χ1n) is 8.89. The second kappa shape index (κ2) is 7.37. The molecule has 1 aliphatic heterocycles. The molecule has 1 saturated heterocycles. The Morgan fingerprint density at radius 1 is 1.27 bits per heavy atom. The van der Waals surface area contributed by atoms with Gasteiger partial charge in [0.1, 0.15) is 0 Å². The molecule has 1 unspecified atom stereocenters. The van der Waals surface area contributed by atoms with E-state index in [0.29, 0.717) is 17.9 Å². The number of piperidine rings is 1. The van der Waals surface area contributed by atoms with Gasteiger partial charge in [0.05, 0.1) is 17.6 Å². The number of aromatic nitrogens is 3. The number of hydrogen-bond acceptors (Lipinski definition) is 6. The third-order valence-electron chi connectivity index (χ3n) is 4.44. The van der Waals surface area contributed by atoms with E-state index in [4.69, 9.17) is 10.5 Å². The van der Waals surface area contributed by atoms with Crippen molar-refractivity contribution in [1.29, 1.82) is 0 Å². The molecule has 3 heterocycles. The molecule has 0 aliphatic carbocycles. The van der Waals surface area contributed by atoms with Crippen LogP contribution in [-0.2, 0) is 5.41 Å². The minimum absolute atomic E-state index is 0.0152. The van der Waals surface area contributed by atoms with Gasteiger partial charge in [-0.2, -0.15) is 4.98 Å². The Hall–Kier alpha value is -2.54. The third kappa shape index (κ3) is 3.99. The van der Waals surface area contributed by atoms with Gasteiger partial charge in [-0.25, -0.2) is 9.78 Å². The fourth-order valence-electron chi connectivity index (χ4n) is 2.98. The van der Waals surface area contributed by atoms with Crippen LogP contribution in [-0.4, -0.2) is 38.7 Å². The first-order valence-corrected chi connectivity index (χ1v) is 8.89. The third-order valence-corrected chi connectivity index (χ3v) is 4.44. The first-order chi connectivity index (χ1) is 12.4. The number of rotatable bonds is 2. The van der Waals surface area contributed by atoms with Gasteiger partial charge >= 0.3 is 12.1 Å². The normalized spacial score (nSPS) is 17.8. The Labute approximate surface area is 153 Å². The molecule has 0 aromatic carbocycles. The smallest absolute Gasteiger partial charge is 0.374 e. The Balaban J connectivity index is 1.90. The van der Waals surface area contributed by atoms with Crippen LogP contribution in [0.4, 0.5) is 4.79 Å². The van der Waals surface area contributed by atoms with Crippen molar-refractivity contribution < 1.29 is 9.53 Å². The molecule has 0 radical (unpaired) electrons. The zero-order valence-electron chi connectivity index (χ0n) is 15.5. The Kier molecular flexibility index (Phi) is 5.18. The van der Waals surface area contributed by atoms with E-state index < -0.39 is 6.09 Å². The predicted octanol–water partition coefficient (Wildman–Crippen LogP) is 3.11. The van der Waals surface area contributed by atoms with Crippen LogP contribution in [0.15, 0.2) is 30.6 Å². The van der Waals surface area contributed by atoms with E-state index in [1.165, 1.54) is 4.90 Å². The summed E-state index contributed by atoms with van der Waals surface area (Å²) in [5, 5.41) is 0. The minimum Gasteiger partial charge on any atom is -0.374 e. The van der Waals surface area contributed by atoms with E-state index in [0.717, 1.165) is 24.8 Å². The van der Waals surface area contributed by atoms with Crippen molar-refractivity contribution in [2.24, 2.45) is 5.73 Å². The molecule has 0 spiro atoms. The molecule has 2 aromatic heterocycles. The standard InChI is InChI=1S/C19H25N5O2/c1-19(2,3)13-12-22-17(23-16(13)14-8-4-6-10-21-14)26-18(25)24-11-7-5-9-15(24)20/h4,6,8,10,12,15H,5,7,9,11,20H2,1-3H3. The quantitative estimate of drug-likeness (QED) is 0.889. The van der Waals surface area contributed by atoms with Crippen LogP contribution in [0, 0.1) is 0 Å². The molecule has 7 heteroatoms. The van der Waals surface area contributed by atoms with Crippen molar-refractivity contribution in [3.05, 3.63) is 36.2 Å². The molecular formula is C19H25N5O2. The molecule has 2 aromatic rings. The molecule has 1 amide bonds. The molecule has 0 bridgehead atoms. The number of nitrogens with two attached hydrogens (primary N) is 1. The summed E-state index contributed by atoms with van der Waals surface area (Å²) in [7, 11) is 0. The highest BCUT2D eigenvalue weighted by Gasteiger charge is 2.27. The average Bonchev–Trinajstić information content (AvgIpc) is 2.62. The van der Waals surface area contributed by atoms with Gasteiger partial charge in [-0.1, -0.05) is 26.8 Å². The van der Waals surface area contributed by atoms with Crippen LogP contribution in [0.25, 0.3) is 11.4 Å². The van der Waals surface area contributed by atoms with E-state index in [9.17, 15) is 4.79 Å². The molecule has 138 valence electrons.